The molecule has 0 saturated heterocycles. The van der Waals surface area contributed by atoms with Gasteiger partial charge in [0.15, 0.2) is 0 Å². The van der Waals surface area contributed by atoms with E-state index < -0.39 is 0 Å². The molecule has 0 aliphatic rings. The van der Waals surface area contributed by atoms with Gasteiger partial charge in [0.1, 0.15) is 5.82 Å². The van der Waals surface area contributed by atoms with Gasteiger partial charge >= 0.3 is 0 Å². The number of aromatic nitrogens is 4. The second-order valence-corrected chi connectivity index (χ2v) is 7.99. The Morgan fingerprint density at radius 2 is 1.80 bits per heavy atom. The maximum Gasteiger partial charge on any atom is 0.272 e. The Labute approximate surface area is 174 Å². The van der Waals surface area contributed by atoms with E-state index in [2.05, 4.69) is 29.4 Å². The van der Waals surface area contributed by atoms with Gasteiger partial charge in [0, 0.05) is 12.4 Å². The smallest absolute Gasteiger partial charge is 0.272 e. The highest BCUT2D eigenvalue weighted by Gasteiger charge is 2.22. The van der Waals surface area contributed by atoms with E-state index in [4.69, 9.17) is 4.98 Å². The first-order valence-electron chi connectivity index (χ1n) is 10.1. The van der Waals surface area contributed by atoms with E-state index >= 15 is 0 Å². The molecule has 0 aliphatic heterocycles. The summed E-state index contributed by atoms with van der Waals surface area (Å²) in [7, 11) is 1.97. The summed E-state index contributed by atoms with van der Waals surface area (Å²) < 4.78 is 2.04. The summed E-state index contributed by atoms with van der Waals surface area (Å²) in [6.45, 7) is 4.25. The van der Waals surface area contributed by atoms with E-state index in [-0.39, 0.29) is 23.9 Å². The average Bonchev–Trinajstić information content (AvgIpc) is 3.06. The van der Waals surface area contributed by atoms with Crippen molar-refractivity contribution in [3.8, 4) is 0 Å². The van der Waals surface area contributed by atoms with E-state index in [1.54, 1.807) is 12.1 Å². The molecule has 2 heterocycles. The number of para-hydroxylation sites is 2. The molecule has 0 bridgehead atoms. The number of aryl methyl sites for hydroxylation is 1. The molecule has 2 aromatic carbocycles. The van der Waals surface area contributed by atoms with Gasteiger partial charge in [-0.3, -0.25) is 9.59 Å². The van der Waals surface area contributed by atoms with Crippen molar-refractivity contribution in [2.75, 3.05) is 0 Å². The Morgan fingerprint density at radius 3 is 2.53 bits per heavy atom. The van der Waals surface area contributed by atoms with Crippen molar-refractivity contribution < 1.29 is 4.79 Å². The van der Waals surface area contributed by atoms with Crippen molar-refractivity contribution in [3.05, 3.63) is 70.4 Å². The van der Waals surface area contributed by atoms with Crippen LogP contribution in [0.15, 0.2) is 53.3 Å². The topological polar surface area (TPSA) is 92.7 Å². The molecule has 154 valence electrons. The first kappa shape index (κ1) is 19.8. The number of carbonyl (C=O) groups excluding carboxylic acids is 1. The molecule has 0 aliphatic carbocycles. The summed E-state index contributed by atoms with van der Waals surface area (Å²) in [4.78, 5) is 29.7. The molecule has 4 rings (SSSR count). The Hall–Kier alpha value is -3.48. The SMILES string of the molecule is CC(C)C[C@H](NC(=O)Cc1n[nH]c(=O)c2ccccc12)c1nc2ccccc2n1C. The summed E-state index contributed by atoms with van der Waals surface area (Å²) in [6, 6.07) is 14.9. The summed E-state index contributed by atoms with van der Waals surface area (Å²) in [5, 5.41) is 11.0. The van der Waals surface area contributed by atoms with Crippen LogP contribution >= 0.6 is 0 Å². The molecular weight excluding hydrogens is 378 g/mol. The highest BCUT2D eigenvalue weighted by molar-refractivity contribution is 5.88. The van der Waals surface area contributed by atoms with Gasteiger partial charge < -0.3 is 9.88 Å². The summed E-state index contributed by atoms with van der Waals surface area (Å²) in [5.74, 6) is 1.05. The fourth-order valence-corrected chi connectivity index (χ4v) is 3.88. The molecule has 0 fully saturated rings. The van der Waals surface area contributed by atoms with Crippen LogP contribution in [0.2, 0.25) is 0 Å². The van der Waals surface area contributed by atoms with Crippen molar-refractivity contribution in [2.24, 2.45) is 13.0 Å². The predicted octanol–water partition coefficient (Wildman–Crippen LogP) is 3.26. The zero-order valence-corrected chi connectivity index (χ0v) is 17.3. The standard InChI is InChI=1S/C23H25N5O2/c1-14(2)12-19(22-25-17-10-6-7-11-20(17)28(22)3)24-21(29)13-18-15-8-4-5-9-16(15)23(30)27-26-18/h4-11,14,19H,12-13H2,1-3H3,(H,24,29)(H,27,30)/t19-/m0/s1. The number of benzene rings is 2. The van der Waals surface area contributed by atoms with Gasteiger partial charge in [0.25, 0.3) is 5.56 Å². The minimum absolute atomic E-state index is 0.0792. The molecule has 7 nitrogen and oxygen atoms in total. The van der Waals surface area contributed by atoms with Crippen LogP contribution in [-0.2, 0) is 18.3 Å². The Balaban J connectivity index is 1.62. The largest absolute Gasteiger partial charge is 0.346 e. The molecule has 0 saturated carbocycles. The number of nitrogens with zero attached hydrogens (tertiary/aromatic N) is 3. The molecule has 2 N–H and O–H groups in total. The molecule has 1 atom stereocenters. The van der Waals surface area contributed by atoms with Gasteiger partial charge in [0.05, 0.1) is 34.6 Å². The van der Waals surface area contributed by atoms with Crippen LogP contribution < -0.4 is 10.9 Å². The number of aromatic amines is 1. The van der Waals surface area contributed by atoms with Crippen molar-refractivity contribution in [3.63, 3.8) is 0 Å². The molecule has 0 radical (unpaired) electrons. The minimum atomic E-state index is -0.257. The number of hydrogen-bond acceptors (Lipinski definition) is 4. The van der Waals surface area contributed by atoms with E-state index in [0.717, 1.165) is 23.3 Å². The lowest BCUT2D eigenvalue weighted by Gasteiger charge is -2.20. The first-order chi connectivity index (χ1) is 14.4. The third kappa shape index (κ3) is 3.83. The van der Waals surface area contributed by atoms with Crippen LogP contribution in [-0.4, -0.2) is 25.7 Å². The number of H-pyrrole nitrogens is 1. The lowest BCUT2D eigenvalue weighted by atomic mass is 10.0. The predicted molar refractivity (Wildman–Crippen MR) is 117 cm³/mol. The molecule has 1 amide bonds. The van der Waals surface area contributed by atoms with E-state index in [1.807, 2.05) is 48.0 Å². The second kappa shape index (κ2) is 8.10. The summed E-state index contributed by atoms with van der Waals surface area (Å²) in [6.07, 6.45) is 0.846. The lowest BCUT2D eigenvalue weighted by Crippen LogP contribution is -2.33. The highest BCUT2D eigenvalue weighted by atomic mass is 16.1. The zero-order chi connectivity index (χ0) is 21.3. The number of amides is 1. The van der Waals surface area contributed by atoms with Crippen LogP contribution in [0, 0.1) is 5.92 Å². The lowest BCUT2D eigenvalue weighted by molar-refractivity contribution is -0.121. The Bertz CT molecular complexity index is 1270. The maximum absolute atomic E-state index is 13.0. The average molecular weight is 403 g/mol. The van der Waals surface area contributed by atoms with Crippen molar-refractivity contribution in [1.82, 2.24) is 25.1 Å². The van der Waals surface area contributed by atoms with Gasteiger partial charge in [-0.05, 0) is 30.5 Å². The number of imidazole rings is 1. The molecular formula is C23H25N5O2. The third-order valence-corrected chi connectivity index (χ3v) is 5.28. The van der Waals surface area contributed by atoms with Crippen LogP contribution in [0.1, 0.15) is 37.8 Å². The van der Waals surface area contributed by atoms with Crippen LogP contribution in [0.3, 0.4) is 0 Å². The first-order valence-corrected chi connectivity index (χ1v) is 10.1. The van der Waals surface area contributed by atoms with Gasteiger partial charge in [-0.2, -0.15) is 5.10 Å². The van der Waals surface area contributed by atoms with Gasteiger partial charge in [0.2, 0.25) is 5.91 Å². The summed E-state index contributed by atoms with van der Waals surface area (Å²) in [5.41, 5.74) is 2.23. The van der Waals surface area contributed by atoms with Crippen LogP contribution in [0.25, 0.3) is 21.8 Å². The van der Waals surface area contributed by atoms with E-state index in [9.17, 15) is 9.59 Å². The molecule has 0 unspecified atom stereocenters. The maximum atomic E-state index is 13.0. The zero-order valence-electron chi connectivity index (χ0n) is 17.3. The van der Waals surface area contributed by atoms with Gasteiger partial charge in [-0.1, -0.05) is 44.2 Å². The number of nitrogens with one attached hydrogen (secondary N) is 2. The molecule has 0 spiro atoms. The Kier molecular flexibility index (Phi) is 5.35. The van der Waals surface area contributed by atoms with Crippen molar-refractivity contribution in [1.29, 1.82) is 0 Å². The van der Waals surface area contributed by atoms with Gasteiger partial charge in [-0.15, -0.1) is 0 Å². The number of hydrogen-bond donors (Lipinski definition) is 2. The number of carbonyl (C=O) groups is 1. The van der Waals surface area contributed by atoms with Crippen molar-refractivity contribution in [2.45, 2.75) is 32.7 Å². The highest BCUT2D eigenvalue weighted by Crippen LogP contribution is 2.24. The van der Waals surface area contributed by atoms with E-state index in [1.165, 1.54) is 0 Å². The fourth-order valence-electron chi connectivity index (χ4n) is 3.88. The summed E-state index contributed by atoms with van der Waals surface area (Å²) >= 11 is 0. The Morgan fingerprint density at radius 1 is 1.10 bits per heavy atom. The minimum Gasteiger partial charge on any atom is -0.346 e. The van der Waals surface area contributed by atoms with Gasteiger partial charge in [-0.25, -0.2) is 10.1 Å². The molecule has 30 heavy (non-hydrogen) atoms. The van der Waals surface area contributed by atoms with Crippen molar-refractivity contribution >= 4 is 27.7 Å². The molecule has 2 aromatic heterocycles. The van der Waals surface area contributed by atoms with Crippen LogP contribution in [0.4, 0.5) is 0 Å². The molecule has 7 heteroatoms. The third-order valence-electron chi connectivity index (χ3n) is 5.28. The normalized spacial score (nSPS) is 12.5. The quantitative estimate of drug-likeness (QED) is 0.517. The molecule has 4 aromatic rings. The second-order valence-electron chi connectivity index (χ2n) is 7.99. The number of fused-ring (bicyclic) bond motifs is 2. The number of rotatable bonds is 6. The fraction of sp³-hybridized carbons (Fsp3) is 0.304. The van der Waals surface area contributed by atoms with Crippen LogP contribution in [0.5, 0.6) is 0 Å². The van der Waals surface area contributed by atoms with E-state index in [0.29, 0.717) is 22.4 Å². The monoisotopic (exact) mass is 403 g/mol.